The molecule has 1 N–H and O–H groups in total. The Labute approximate surface area is 112 Å². The number of carbonyl (C=O) groups is 2. The predicted octanol–water partition coefficient (Wildman–Crippen LogP) is 2.84. The van der Waals surface area contributed by atoms with Gasteiger partial charge in [-0.05, 0) is 48.8 Å². The van der Waals surface area contributed by atoms with Crippen LogP contribution in [-0.4, -0.2) is 34.0 Å². The smallest absolute Gasteiger partial charge is 0.323 e. The van der Waals surface area contributed by atoms with Crippen molar-refractivity contribution in [3.05, 3.63) is 20.8 Å². The maximum atomic E-state index is 12.2. The Morgan fingerprint density at radius 2 is 2.00 bits per heavy atom. The fourth-order valence-corrected chi connectivity index (χ4v) is 2.65. The molecule has 1 rings (SSSR count). The maximum Gasteiger partial charge on any atom is 0.323 e. The number of aliphatic carboxylic acids is 1. The van der Waals surface area contributed by atoms with Crippen LogP contribution in [0.25, 0.3) is 0 Å². The Kier molecular flexibility index (Phi) is 4.32. The zero-order valence-electron chi connectivity index (χ0n) is 9.86. The van der Waals surface area contributed by atoms with Gasteiger partial charge in [0.15, 0.2) is 0 Å². The number of rotatable bonds is 3. The Balaban J connectivity index is 2.99. The summed E-state index contributed by atoms with van der Waals surface area (Å²) in [5.74, 6) is -1.26. The lowest BCUT2D eigenvalue weighted by atomic mass is 10.1. The highest BCUT2D eigenvalue weighted by Gasteiger charge is 2.29. The monoisotopic (exact) mass is 319 g/mol. The first-order valence-corrected chi connectivity index (χ1v) is 6.62. The SMILES string of the molecule is CC(C)(C)N(CC(=O)O)C(=O)c1ccc(Br)s1. The molecule has 0 atom stereocenters. The number of nitrogens with zero attached hydrogens (tertiary/aromatic N) is 1. The van der Waals surface area contributed by atoms with Crippen LogP contribution in [0.4, 0.5) is 0 Å². The van der Waals surface area contributed by atoms with Crippen LogP contribution >= 0.6 is 27.3 Å². The highest BCUT2D eigenvalue weighted by molar-refractivity contribution is 9.11. The third-order valence-electron chi connectivity index (χ3n) is 2.13. The molecule has 0 saturated heterocycles. The molecular formula is C11H14BrNO3S. The van der Waals surface area contributed by atoms with Crippen molar-refractivity contribution >= 4 is 39.1 Å². The molecule has 0 aliphatic rings. The first-order chi connectivity index (χ1) is 7.71. The Morgan fingerprint density at radius 1 is 1.41 bits per heavy atom. The van der Waals surface area contributed by atoms with Crippen LogP contribution in [0.2, 0.25) is 0 Å². The molecule has 1 aromatic rings. The number of hydrogen-bond donors (Lipinski definition) is 1. The molecule has 0 aliphatic heterocycles. The fraction of sp³-hybridized carbons (Fsp3) is 0.455. The van der Waals surface area contributed by atoms with E-state index in [0.29, 0.717) is 4.88 Å². The van der Waals surface area contributed by atoms with Gasteiger partial charge in [-0.3, -0.25) is 9.59 Å². The van der Waals surface area contributed by atoms with Gasteiger partial charge in [-0.25, -0.2) is 0 Å². The second-order valence-corrected chi connectivity index (χ2v) is 7.02. The van der Waals surface area contributed by atoms with E-state index in [1.165, 1.54) is 16.2 Å². The van der Waals surface area contributed by atoms with Gasteiger partial charge in [-0.15, -0.1) is 11.3 Å². The van der Waals surface area contributed by atoms with Gasteiger partial charge in [0.05, 0.1) is 8.66 Å². The summed E-state index contributed by atoms with van der Waals surface area (Å²) in [5, 5.41) is 8.85. The number of carboxylic acid groups (broad SMARTS) is 1. The first kappa shape index (κ1) is 14.2. The molecule has 0 aliphatic carbocycles. The summed E-state index contributed by atoms with van der Waals surface area (Å²) in [4.78, 5) is 24.9. The molecule has 0 radical (unpaired) electrons. The molecule has 0 saturated carbocycles. The fourth-order valence-electron chi connectivity index (χ4n) is 1.31. The minimum absolute atomic E-state index is 0.254. The number of thiophene rings is 1. The van der Waals surface area contributed by atoms with Crippen molar-refractivity contribution in [2.75, 3.05) is 6.54 Å². The molecule has 0 fully saturated rings. The van der Waals surface area contributed by atoms with E-state index in [9.17, 15) is 9.59 Å². The van der Waals surface area contributed by atoms with Crippen LogP contribution in [0.3, 0.4) is 0 Å². The molecule has 4 nitrogen and oxygen atoms in total. The normalized spacial score (nSPS) is 11.3. The van der Waals surface area contributed by atoms with E-state index < -0.39 is 11.5 Å². The third-order valence-corrected chi connectivity index (χ3v) is 3.74. The summed E-state index contributed by atoms with van der Waals surface area (Å²) in [6.45, 7) is 5.15. The van der Waals surface area contributed by atoms with Gasteiger partial charge in [0.1, 0.15) is 6.54 Å². The van der Waals surface area contributed by atoms with Gasteiger partial charge in [0.2, 0.25) is 0 Å². The molecule has 1 heterocycles. The zero-order chi connectivity index (χ0) is 13.2. The molecule has 0 spiro atoms. The maximum absolute atomic E-state index is 12.2. The summed E-state index contributed by atoms with van der Waals surface area (Å²) in [7, 11) is 0. The average Bonchev–Trinajstić information content (AvgIpc) is 2.58. The average molecular weight is 320 g/mol. The Hall–Kier alpha value is -0.880. The van der Waals surface area contributed by atoms with Crippen LogP contribution < -0.4 is 0 Å². The summed E-state index contributed by atoms with van der Waals surface area (Å²) < 4.78 is 0.852. The minimum Gasteiger partial charge on any atom is -0.480 e. The molecule has 0 bridgehead atoms. The van der Waals surface area contributed by atoms with Gasteiger partial charge in [-0.2, -0.15) is 0 Å². The summed E-state index contributed by atoms with van der Waals surface area (Å²) in [5.41, 5.74) is -0.522. The van der Waals surface area contributed by atoms with Crippen LogP contribution in [0.15, 0.2) is 15.9 Å². The van der Waals surface area contributed by atoms with Crippen molar-refractivity contribution in [2.24, 2.45) is 0 Å². The molecular weight excluding hydrogens is 306 g/mol. The van der Waals surface area contributed by atoms with Crippen LogP contribution in [-0.2, 0) is 4.79 Å². The number of halogens is 1. The van der Waals surface area contributed by atoms with Gasteiger partial charge >= 0.3 is 5.97 Å². The van der Waals surface area contributed by atoms with Crippen molar-refractivity contribution in [3.8, 4) is 0 Å². The van der Waals surface area contributed by atoms with E-state index in [0.717, 1.165) is 3.79 Å². The van der Waals surface area contributed by atoms with E-state index in [1.54, 1.807) is 12.1 Å². The number of carbonyl (C=O) groups excluding carboxylic acids is 1. The Morgan fingerprint density at radius 3 is 2.35 bits per heavy atom. The molecule has 94 valence electrons. The highest BCUT2D eigenvalue weighted by Crippen LogP contribution is 2.25. The van der Waals surface area contributed by atoms with Gasteiger partial charge in [0, 0.05) is 5.54 Å². The summed E-state index contributed by atoms with van der Waals surface area (Å²) >= 11 is 4.58. The second kappa shape index (κ2) is 5.18. The molecule has 1 aromatic heterocycles. The largest absolute Gasteiger partial charge is 0.480 e. The lowest BCUT2D eigenvalue weighted by Crippen LogP contribution is -2.48. The molecule has 1 amide bonds. The van der Waals surface area contributed by atoms with Crippen molar-refractivity contribution < 1.29 is 14.7 Å². The van der Waals surface area contributed by atoms with E-state index in [4.69, 9.17) is 5.11 Å². The van der Waals surface area contributed by atoms with Crippen molar-refractivity contribution in [2.45, 2.75) is 26.3 Å². The zero-order valence-corrected chi connectivity index (χ0v) is 12.3. The third kappa shape index (κ3) is 3.81. The summed E-state index contributed by atoms with van der Waals surface area (Å²) in [6.07, 6.45) is 0. The number of amides is 1. The van der Waals surface area contributed by atoms with Crippen LogP contribution in [0, 0.1) is 0 Å². The summed E-state index contributed by atoms with van der Waals surface area (Å²) in [6, 6.07) is 3.47. The van der Waals surface area contributed by atoms with Crippen molar-refractivity contribution in [1.82, 2.24) is 4.90 Å². The lowest BCUT2D eigenvalue weighted by Gasteiger charge is -2.34. The number of hydrogen-bond acceptors (Lipinski definition) is 3. The highest BCUT2D eigenvalue weighted by atomic mass is 79.9. The predicted molar refractivity (Wildman–Crippen MR) is 70.4 cm³/mol. The quantitative estimate of drug-likeness (QED) is 0.932. The van der Waals surface area contributed by atoms with Crippen LogP contribution in [0.5, 0.6) is 0 Å². The van der Waals surface area contributed by atoms with Gasteiger partial charge in [-0.1, -0.05) is 0 Å². The van der Waals surface area contributed by atoms with E-state index in [2.05, 4.69) is 15.9 Å². The topological polar surface area (TPSA) is 57.6 Å². The van der Waals surface area contributed by atoms with E-state index in [1.807, 2.05) is 20.8 Å². The Bertz CT molecular complexity index is 436. The van der Waals surface area contributed by atoms with Crippen molar-refractivity contribution in [1.29, 1.82) is 0 Å². The molecule has 0 aromatic carbocycles. The lowest BCUT2D eigenvalue weighted by molar-refractivity contribution is -0.138. The molecule has 6 heteroatoms. The first-order valence-electron chi connectivity index (χ1n) is 5.01. The second-order valence-electron chi connectivity index (χ2n) is 4.56. The standard InChI is InChI=1S/C11H14BrNO3S/c1-11(2,3)13(6-9(14)15)10(16)7-4-5-8(12)17-7/h4-5H,6H2,1-3H3,(H,14,15). The number of carboxylic acids is 1. The van der Waals surface area contributed by atoms with E-state index >= 15 is 0 Å². The van der Waals surface area contributed by atoms with E-state index in [-0.39, 0.29) is 12.5 Å². The molecule has 0 unspecified atom stereocenters. The molecule has 17 heavy (non-hydrogen) atoms. The van der Waals surface area contributed by atoms with Crippen LogP contribution in [0.1, 0.15) is 30.4 Å². The minimum atomic E-state index is -1.01. The van der Waals surface area contributed by atoms with Gasteiger partial charge in [0.25, 0.3) is 5.91 Å². The van der Waals surface area contributed by atoms with Crippen molar-refractivity contribution in [3.63, 3.8) is 0 Å². The van der Waals surface area contributed by atoms with Gasteiger partial charge < -0.3 is 10.0 Å².